The van der Waals surface area contributed by atoms with Gasteiger partial charge >= 0.3 is 5.97 Å². The van der Waals surface area contributed by atoms with Crippen LogP contribution in [0.4, 0.5) is 5.00 Å². The first-order chi connectivity index (χ1) is 13.9. The third-order valence-corrected chi connectivity index (χ3v) is 6.63. The van der Waals surface area contributed by atoms with Crippen LogP contribution in [-0.2, 0) is 9.53 Å². The third-order valence-electron chi connectivity index (χ3n) is 3.86. The van der Waals surface area contributed by atoms with E-state index in [1.54, 1.807) is 24.3 Å². The Hall–Kier alpha value is -2.17. The molecule has 0 aliphatic carbocycles. The minimum Gasteiger partial charge on any atom is -0.462 e. The summed E-state index contributed by atoms with van der Waals surface area (Å²) in [5.74, 6) is 0.323. The molecule has 0 aliphatic rings. The summed E-state index contributed by atoms with van der Waals surface area (Å²) in [5, 5.41) is 14.6. The van der Waals surface area contributed by atoms with Crippen LogP contribution in [0.2, 0.25) is 0 Å². The number of aryl methyl sites for hydroxylation is 1. The minimum absolute atomic E-state index is 0.156. The fourth-order valence-corrected chi connectivity index (χ4v) is 5.16. The van der Waals surface area contributed by atoms with Crippen molar-refractivity contribution in [1.29, 1.82) is 0 Å². The van der Waals surface area contributed by atoms with Gasteiger partial charge in [0.25, 0.3) is 0 Å². The van der Waals surface area contributed by atoms with E-state index in [1.165, 1.54) is 23.1 Å². The highest BCUT2D eigenvalue weighted by atomic mass is 32.2. The Balaban J connectivity index is 1.70. The average molecular weight is 451 g/mol. The molecule has 3 aromatic rings. The normalized spacial score (nSPS) is 11.1. The molecule has 0 saturated carbocycles. The Bertz CT molecular complexity index is 993. The summed E-state index contributed by atoms with van der Waals surface area (Å²) < 4.78 is 7.09. The predicted octanol–water partition coefficient (Wildman–Crippen LogP) is 4.86. The number of hydrogen-bond acceptors (Lipinski definition) is 8. The first-order valence-electron chi connectivity index (χ1n) is 9.09. The maximum Gasteiger partial charge on any atom is 0.341 e. The molecule has 3 rings (SSSR count). The van der Waals surface area contributed by atoms with Crippen molar-refractivity contribution in [3.8, 4) is 10.7 Å². The SMILES string of the molecule is CCOC(=O)c1cc(C)sc1NC(=O)CSc1nnc(-c2cccs2)n1C(C)C. The molecule has 0 unspecified atom stereocenters. The molecule has 7 nitrogen and oxygen atoms in total. The summed E-state index contributed by atoms with van der Waals surface area (Å²) in [5.41, 5.74) is 0.387. The van der Waals surface area contributed by atoms with Crippen LogP contribution >= 0.6 is 34.4 Å². The molecule has 3 heterocycles. The lowest BCUT2D eigenvalue weighted by atomic mass is 10.3. The van der Waals surface area contributed by atoms with E-state index in [4.69, 9.17) is 4.74 Å². The van der Waals surface area contributed by atoms with Gasteiger partial charge in [0.05, 0.1) is 22.8 Å². The van der Waals surface area contributed by atoms with E-state index in [9.17, 15) is 9.59 Å². The predicted molar refractivity (Wildman–Crippen MR) is 118 cm³/mol. The molecule has 1 amide bonds. The van der Waals surface area contributed by atoms with Crippen molar-refractivity contribution in [3.05, 3.63) is 34.0 Å². The van der Waals surface area contributed by atoms with Crippen molar-refractivity contribution >= 4 is 51.3 Å². The quantitative estimate of drug-likeness (QED) is 0.389. The second-order valence-electron chi connectivity index (χ2n) is 6.40. The van der Waals surface area contributed by atoms with E-state index in [-0.39, 0.29) is 24.3 Å². The molecule has 29 heavy (non-hydrogen) atoms. The van der Waals surface area contributed by atoms with Crippen molar-refractivity contribution in [1.82, 2.24) is 14.8 Å². The number of aromatic nitrogens is 3. The first kappa shape index (κ1) is 21.5. The summed E-state index contributed by atoms with van der Waals surface area (Å²) in [4.78, 5) is 26.6. The van der Waals surface area contributed by atoms with Crippen LogP contribution in [0.25, 0.3) is 10.7 Å². The molecule has 10 heteroatoms. The van der Waals surface area contributed by atoms with Crippen LogP contribution in [0.1, 0.15) is 42.0 Å². The monoisotopic (exact) mass is 450 g/mol. The number of carbonyl (C=O) groups is 2. The number of hydrogen-bond donors (Lipinski definition) is 1. The summed E-state index contributed by atoms with van der Waals surface area (Å²) >= 11 is 4.28. The number of nitrogens with zero attached hydrogens (tertiary/aromatic N) is 3. The van der Waals surface area contributed by atoms with E-state index < -0.39 is 5.97 Å². The summed E-state index contributed by atoms with van der Waals surface area (Å²) in [6.07, 6.45) is 0. The number of carbonyl (C=O) groups excluding carboxylic acids is 2. The van der Waals surface area contributed by atoms with Gasteiger partial charge in [-0.3, -0.25) is 9.36 Å². The Morgan fingerprint density at radius 1 is 1.34 bits per heavy atom. The van der Waals surface area contributed by atoms with Crippen molar-refractivity contribution in [2.45, 2.75) is 38.9 Å². The van der Waals surface area contributed by atoms with Crippen molar-refractivity contribution < 1.29 is 14.3 Å². The Morgan fingerprint density at radius 2 is 2.14 bits per heavy atom. The Labute approximate surface area is 181 Å². The van der Waals surface area contributed by atoms with E-state index in [0.717, 1.165) is 15.6 Å². The molecular weight excluding hydrogens is 428 g/mol. The second kappa shape index (κ2) is 9.55. The van der Waals surface area contributed by atoms with Gasteiger partial charge in [-0.15, -0.1) is 32.9 Å². The average Bonchev–Trinajstić information content (AvgIpc) is 3.39. The van der Waals surface area contributed by atoms with Gasteiger partial charge in [-0.1, -0.05) is 17.8 Å². The third kappa shape index (κ3) is 5.06. The van der Waals surface area contributed by atoms with Gasteiger partial charge in [-0.2, -0.15) is 0 Å². The molecule has 3 aromatic heterocycles. The Kier molecular flexibility index (Phi) is 7.09. The largest absolute Gasteiger partial charge is 0.462 e. The lowest BCUT2D eigenvalue weighted by Crippen LogP contribution is -2.16. The van der Waals surface area contributed by atoms with Crippen LogP contribution in [0, 0.1) is 6.92 Å². The number of thiophene rings is 2. The highest BCUT2D eigenvalue weighted by molar-refractivity contribution is 7.99. The van der Waals surface area contributed by atoms with Crippen molar-refractivity contribution in [2.75, 3.05) is 17.7 Å². The van der Waals surface area contributed by atoms with Gasteiger partial charge in [0.1, 0.15) is 5.00 Å². The van der Waals surface area contributed by atoms with Crippen LogP contribution in [0.15, 0.2) is 28.7 Å². The molecule has 0 aromatic carbocycles. The lowest BCUT2D eigenvalue weighted by Gasteiger charge is -2.13. The van der Waals surface area contributed by atoms with Gasteiger partial charge in [-0.05, 0) is 45.2 Å². The fraction of sp³-hybridized carbons (Fsp3) is 0.368. The van der Waals surface area contributed by atoms with E-state index in [0.29, 0.717) is 15.7 Å². The van der Waals surface area contributed by atoms with Crippen LogP contribution in [0.5, 0.6) is 0 Å². The molecule has 0 bridgehead atoms. The number of anilines is 1. The molecule has 0 fully saturated rings. The van der Waals surface area contributed by atoms with Gasteiger partial charge in [-0.25, -0.2) is 4.79 Å². The summed E-state index contributed by atoms with van der Waals surface area (Å²) in [6, 6.07) is 5.87. The Morgan fingerprint density at radius 3 is 2.79 bits per heavy atom. The highest BCUT2D eigenvalue weighted by Crippen LogP contribution is 2.31. The molecular formula is C19H22N4O3S3. The standard InChI is InChI=1S/C19H22N4O3S3/c1-5-26-18(25)13-9-12(4)29-17(13)20-15(24)10-28-19-22-21-16(23(19)11(2)3)14-7-6-8-27-14/h6-9,11H,5,10H2,1-4H3,(H,20,24). The summed E-state index contributed by atoms with van der Waals surface area (Å²) in [6.45, 7) is 8.04. The molecule has 154 valence electrons. The topological polar surface area (TPSA) is 86.1 Å². The van der Waals surface area contributed by atoms with Crippen LogP contribution in [0.3, 0.4) is 0 Å². The number of amides is 1. The van der Waals surface area contributed by atoms with E-state index in [1.807, 2.05) is 29.0 Å². The van der Waals surface area contributed by atoms with Crippen molar-refractivity contribution in [3.63, 3.8) is 0 Å². The first-order valence-corrected chi connectivity index (χ1v) is 11.8. The number of thioether (sulfide) groups is 1. The minimum atomic E-state index is -0.431. The zero-order valence-electron chi connectivity index (χ0n) is 16.6. The van der Waals surface area contributed by atoms with Crippen LogP contribution < -0.4 is 5.32 Å². The molecule has 0 aliphatic heterocycles. The van der Waals surface area contributed by atoms with E-state index >= 15 is 0 Å². The maximum absolute atomic E-state index is 12.5. The molecule has 0 spiro atoms. The van der Waals surface area contributed by atoms with Gasteiger partial charge < -0.3 is 10.1 Å². The number of nitrogens with one attached hydrogen (secondary N) is 1. The zero-order valence-corrected chi connectivity index (χ0v) is 19.0. The summed E-state index contributed by atoms with van der Waals surface area (Å²) in [7, 11) is 0. The lowest BCUT2D eigenvalue weighted by molar-refractivity contribution is -0.113. The smallest absolute Gasteiger partial charge is 0.341 e. The molecule has 0 radical (unpaired) electrons. The van der Waals surface area contributed by atoms with Gasteiger partial charge in [0.2, 0.25) is 5.91 Å². The fourth-order valence-electron chi connectivity index (χ4n) is 2.68. The van der Waals surface area contributed by atoms with Gasteiger partial charge in [0, 0.05) is 10.9 Å². The zero-order chi connectivity index (χ0) is 21.0. The number of rotatable bonds is 8. The number of esters is 1. The highest BCUT2D eigenvalue weighted by Gasteiger charge is 2.20. The molecule has 1 N–H and O–H groups in total. The second-order valence-corrected chi connectivity index (χ2v) is 9.55. The maximum atomic E-state index is 12.5. The van der Waals surface area contributed by atoms with Crippen molar-refractivity contribution in [2.24, 2.45) is 0 Å². The number of ether oxygens (including phenoxy) is 1. The molecule has 0 saturated heterocycles. The molecule has 0 atom stereocenters. The van der Waals surface area contributed by atoms with Crippen LogP contribution in [-0.4, -0.2) is 39.0 Å². The van der Waals surface area contributed by atoms with E-state index in [2.05, 4.69) is 29.4 Å². The van der Waals surface area contributed by atoms with Gasteiger partial charge in [0.15, 0.2) is 11.0 Å².